The Kier molecular flexibility index (Phi) is 5.18. The Balaban J connectivity index is 1.72. The number of amides is 1. The lowest BCUT2D eigenvalue weighted by atomic mass is 10.0. The molecule has 4 nitrogen and oxygen atoms in total. The number of thiophene rings is 1. The predicted molar refractivity (Wildman–Crippen MR) is 98.2 cm³/mol. The molecule has 1 aromatic heterocycles. The molecular formula is C19H21FN2O2S. The van der Waals surface area contributed by atoms with Gasteiger partial charge in [0.15, 0.2) is 5.78 Å². The lowest BCUT2D eigenvalue weighted by molar-refractivity contribution is 0.0751. The van der Waals surface area contributed by atoms with Gasteiger partial charge in [-0.05, 0) is 36.1 Å². The van der Waals surface area contributed by atoms with Crippen LogP contribution in [0.2, 0.25) is 0 Å². The molecule has 0 unspecified atom stereocenters. The quantitative estimate of drug-likeness (QED) is 0.780. The van der Waals surface area contributed by atoms with Crippen LogP contribution >= 0.6 is 11.3 Å². The summed E-state index contributed by atoms with van der Waals surface area (Å²) in [6.45, 7) is 5.89. The van der Waals surface area contributed by atoms with Gasteiger partial charge in [-0.3, -0.25) is 9.59 Å². The van der Waals surface area contributed by atoms with Crippen molar-refractivity contribution in [2.24, 2.45) is 0 Å². The van der Waals surface area contributed by atoms with Crippen LogP contribution in [0.25, 0.3) is 0 Å². The van der Waals surface area contributed by atoms with Crippen molar-refractivity contribution in [1.82, 2.24) is 4.90 Å². The highest BCUT2D eigenvalue weighted by atomic mass is 32.1. The fraction of sp³-hybridized carbons (Fsp3) is 0.368. The largest absolute Gasteiger partial charge is 0.366 e. The predicted octanol–water partition coefficient (Wildman–Crippen LogP) is 3.75. The van der Waals surface area contributed by atoms with Crippen molar-refractivity contribution in [3.63, 3.8) is 0 Å². The number of nitrogens with zero attached hydrogens (tertiary/aromatic N) is 2. The van der Waals surface area contributed by atoms with E-state index in [1.807, 2.05) is 34.2 Å². The molecule has 6 heteroatoms. The van der Waals surface area contributed by atoms with E-state index < -0.39 is 0 Å². The highest BCUT2D eigenvalue weighted by molar-refractivity contribution is 7.12. The molecule has 0 aliphatic carbocycles. The standard InChI is InChI=1S/C19H21FN2O2S/c1-3-17(23)14-12-15(20)16(11-13(14)2)21-6-8-22(9-7-21)19(24)18-5-4-10-25-18/h4-5,10-12H,3,6-9H2,1-2H3. The van der Waals surface area contributed by atoms with Crippen LogP contribution in [0.5, 0.6) is 0 Å². The molecule has 0 atom stereocenters. The first-order valence-corrected chi connectivity index (χ1v) is 9.30. The maximum absolute atomic E-state index is 14.5. The number of aryl methyl sites for hydroxylation is 1. The number of rotatable bonds is 4. The average Bonchev–Trinajstić information content (AvgIpc) is 3.17. The molecule has 0 radical (unpaired) electrons. The first-order valence-electron chi connectivity index (χ1n) is 8.42. The number of ketones is 1. The summed E-state index contributed by atoms with van der Waals surface area (Å²) in [4.78, 5) is 28.8. The number of Topliss-reactive ketones (excluding diaryl/α,β-unsaturated/α-hetero) is 1. The first-order chi connectivity index (χ1) is 12.0. The van der Waals surface area contributed by atoms with Crippen LogP contribution in [0.15, 0.2) is 29.6 Å². The number of carbonyl (C=O) groups excluding carboxylic acids is 2. The maximum Gasteiger partial charge on any atom is 0.264 e. The monoisotopic (exact) mass is 360 g/mol. The summed E-state index contributed by atoms with van der Waals surface area (Å²) in [6.07, 6.45) is 0.364. The number of hydrogen-bond acceptors (Lipinski definition) is 4. The van der Waals surface area contributed by atoms with Gasteiger partial charge in [0.1, 0.15) is 5.82 Å². The van der Waals surface area contributed by atoms with E-state index in [2.05, 4.69) is 0 Å². The Morgan fingerprint density at radius 2 is 1.92 bits per heavy atom. The number of carbonyl (C=O) groups is 2. The number of benzene rings is 1. The van der Waals surface area contributed by atoms with E-state index >= 15 is 0 Å². The second-order valence-electron chi connectivity index (χ2n) is 6.15. The third-order valence-electron chi connectivity index (χ3n) is 4.55. The van der Waals surface area contributed by atoms with Crippen LogP contribution in [-0.2, 0) is 0 Å². The van der Waals surface area contributed by atoms with Crippen molar-refractivity contribution in [2.75, 3.05) is 31.1 Å². The average molecular weight is 360 g/mol. The first kappa shape index (κ1) is 17.6. The van der Waals surface area contributed by atoms with Gasteiger partial charge in [0.25, 0.3) is 5.91 Å². The third-order valence-corrected chi connectivity index (χ3v) is 5.41. The minimum atomic E-state index is -0.375. The van der Waals surface area contributed by atoms with E-state index in [1.54, 1.807) is 13.0 Å². The van der Waals surface area contributed by atoms with Gasteiger partial charge >= 0.3 is 0 Å². The molecule has 1 aliphatic rings. The second kappa shape index (κ2) is 7.35. The summed E-state index contributed by atoms with van der Waals surface area (Å²) in [5.74, 6) is -0.384. The molecule has 1 aromatic carbocycles. The van der Waals surface area contributed by atoms with Crippen LogP contribution in [0.3, 0.4) is 0 Å². The third kappa shape index (κ3) is 3.58. The zero-order chi connectivity index (χ0) is 18.0. The Bertz CT molecular complexity index is 781. The molecule has 1 fully saturated rings. The van der Waals surface area contributed by atoms with Gasteiger partial charge in [0.2, 0.25) is 0 Å². The molecule has 25 heavy (non-hydrogen) atoms. The van der Waals surface area contributed by atoms with E-state index in [1.165, 1.54) is 17.4 Å². The zero-order valence-electron chi connectivity index (χ0n) is 14.4. The molecule has 1 amide bonds. The topological polar surface area (TPSA) is 40.6 Å². The highest BCUT2D eigenvalue weighted by Crippen LogP contribution is 2.26. The van der Waals surface area contributed by atoms with Crippen LogP contribution in [-0.4, -0.2) is 42.8 Å². The Morgan fingerprint density at radius 3 is 2.52 bits per heavy atom. The van der Waals surface area contributed by atoms with Crippen LogP contribution in [0.4, 0.5) is 10.1 Å². The van der Waals surface area contributed by atoms with Gasteiger partial charge in [-0.25, -0.2) is 4.39 Å². The molecule has 0 saturated carbocycles. The van der Waals surface area contributed by atoms with Gasteiger partial charge in [-0.1, -0.05) is 13.0 Å². The summed E-state index contributed by atoms with van der Waals surface area (Å²) in [6, 6.07) is 6.78. The van der Waals surface area contributed by atoms with Crippen molar-refractivity contribution in [2.45, 2.75) is 20.3 Å². The molecule has 0 bridgehead atoms. The van der Waals surface area contributed by atoms with Gasteiger partial charge in [0, 0.05) is 38.2 Å². The van der Waals surface area contributed by atoms with E-state index in [-0.39, 0.29) is 17.5 Å². The fourth-order valence-electron chi connectivity index (χ4n) is 3.11. The number of halogens is 1. The Hall–Kier alpha value is -2.21. The van der Waals surface area contributed by atoms with Crippen LogP contribution in [0.1, 0.15) is 38.9 Å². The molecule has 1 aliphatic heterocycles. The van der Waals surface area contributed by atoms with Crippen molar-refractivity contribution >= 4 is 28.7 Å². The SMILES string of the molecule is CCC(=O)c1cc(F)c(N2CCN(C(=O)c3cccs3)CC2)cc1C. The Morgan fingerprint density at radius 1 is 1.20 bits per heavy atom. The van der Waals surface area contributed by atoms with Crippen molar-refractivity contribution in [1.29, 1.82) is 0 Å². The Labute approximate surface area is 150 Å². The summed E-state index contributed by atoms with van der Waals surface area (Å²) >= 11 is 1.44. The lowest BCUT2D eigenvalue weighted by Gasteiger charge is -2.36. The van der Waals surface area contributed by atoms with Crippen molar-refractivity contribution in [3.05, 3.63) is 51.5 Å². The second-order valence-corrected chi connectivity index (χ2v) is 7.10. The molecule has 0 N–H and O–H groups in total. The lowest BCUT2D eigenvalue weighted by Crippen LogP contribution is -2.49. The molecule has 3 rings (SSSR count). The van der Waals surface area contributed by atoms with Crippen molar-refractivity contribution in [3.8, 4) is 0 Å². The smallest absolute Gasteiger partial charge is 0.264 e. The van der Waals surface area contributed by atoms with E-state index in [4.69, 9.17) is 0 Å². The van der Waals surface area contributed by atoms with E-state index in [0.717, 1.165) is 10.4 Å². The number of anilines is 1. The number of piperazine rings is 1. The molecular weight excluding hydrogens is 339 g/mol. The van der Waals surface area contributed by atoms with E-state index in [0.29, 0.717) is 43.9 Å². The van der Waals surface area contributed by atoms with Crippen LogP contribution < -0.4 is 4.90 Å². The summed E-state index contributed by atoms with van der Waals surface area (Å²) < 4.78 is 14.5. The highest BCUT2D eigenvalue weighted by Gasteiger charge is 2.25. The summed E-state index contributed by atoms with van der Waals surface area (Å²) in [7, 11) is 0. The van der Waals surface area contributed by atoms with Gasteiger partial charge < -0.3 is 9.80 Å². The minimum Gasteiger partial charge on any atom is -0.366 e. The molecule has 1 saturated heterocycles. The van der Waals surface area contributed by atoms with E-state index in [9.17, 15) is 14.0 Å². The fourth-order valence-corrected chi connectivity index (χ4v) is 3.80. The summed E-state index contributed by atoms with van der Waals surface area (Å²) in [5.41, 5.74) is 1.75. The molecule has 132 valence electrons. The minimum absolute atomic E-state index is 0.0372. The molecule has 2 aromatic rings. The normalized spacial score (nSPS) is 14.7. The summed E-state index contributed by atoms with van der Waals surface area (Å²) in [5, 5.41) is 1.89. The molecule has 0 spiro atoms. The van der Waals surface area contributed by atoms with Gasteiger partial charge in [-0.2, -0.15) is 0 Å². The van der Waals surface area contributed by atoms with Gasteiger partial charge in [-0.15, -0.1) is 11.3 Å². The van der Waals surface area contributed by atoms with Gasteiger partial charge in [0.05, 0.1) is 10.6 Å². The zero-order valence-corrected chi connectivity index (χ0v) is 15.2. The molecule has 2 heterocycles. The maximum atomic E-state index is 14.5. The van der Waals surface area contributed by atoms with Crippen molar-refractivity contribution < 1.29 is 14.0 Å². The number of hydrogen-bond donors (Lipinski definition) is 0. The van der Waals surface area contributed by atoms with Crippen LogP contribution in [0, 0.1) is 12.7 Å².